The second-order valence-electron chi connectivity index (χ2n) is 5.43. The van der Waals surface area contributed by atoms with Crippen LogP contribution < -0.4 is 0 Å². The Bertz CT molecular complexity index is 493. The average molecular weight is 296 g/mol. The zero-order chi connectivity index (χ0) is 14.8. The second-order valence-corrected chi connectivity index (χ2v) is 6.22. The predicted molar refractivity (Wildman–Crippen MR) is 78.0 cm³/mol. The molecule has 110 valence electrons. The fourth-order valence-electron chi connectivity index (χ4n) is 2.43. The van der Waals surface area contributed by atoms with Gasteiger partial charge in [0.15, 0.2) is 0 Å². The predicted octanol–water partition coefficient (Wildman–Crippen LogP) is 1.42. The van der Waals surface area contributed by atoms with Gasteiger partial charge in [-0.15, -0.1) is 11.8 Å². The monoisotopic (exact) mass is 296 g/mol. The van der Waals surface area contributed by atoms with Crippen molar-refractivity contribution in [3.05, 3.63) is 23.9 Å². The summed E-state index contributed by atoms with van der Waals surface area (Å²) in [7, 11) is 0. The van der Waals surface area contributed by atoms with E-state index in [2.05, 4.69) is 4.98 Å². The molecule has 1 fully saturated rings. The fraction of sp³-hybridized carbons (Fsp3) is 0.571. The summed E-state index contributed by atoms with van der Waals surface area (Å²) in [6, 6.07) is 3.56. The molecule has 0 saturated carbocycles. The largest absolute Gasteiger partial charge is 0.394 e. The van der Waals surface area contributed by atoms with Crippen molar-refractivity contribution in [3.8, 4) is 0 Å². The Kier molecular flexibility index (Phi) is 4.67. The Morgan fingerprint density at radius 3 is 3.05 bits per heavy atom. The summed E-state index contributed by atoms with van der Waals surface area (Å²) in [5.41, 5.74) is 0.151. The van der Waals surface area contributed by atoms with Gasteiger partial charge < -0.3 is 14.7 Å². The maximum atomic E-state index is 12.7. The van der Waals surface area contributed by atoms with Gasteiger partial charge in [0, 0.05) is 19.3 Å². The third kappa shape index (κ3) is 3.31. The molecule has 0 aliphatic carbocycles. The number of aliphatic hydroxyl groups is 1. The molecule has 0 radical (unpaired) electrons. The third-order valence-electron chi connectivity index (χ3n) is 3.17. The molecule has 1 aromatic heterocycles. The van der Waals surface area contributed by atoms with Gasteiger partial charge in [0.25, 0.3) is 5.91 Å². The Morgan fingerprint density at radius 2 is 2.40 bits per heavy atom. The first kappa shape index (κ1) is 15.3. The van der Waals surface area contributed by atoms with E-state index in [0.717, 1.165) is 5.03 Å². The number of aromatic nitrogens is 1. The molecule has 20 heavy (non-hydrogen) atoms. The van der Waals surface area contributed by atoms with Crippen LogP contribution in [-0.4, -0.2) is 58.6 Å². The molecule has 5 nitrogen and oxygen atoms in total. The first-order chi connectivity index (χ1) is 9.46. The molecule has 1 aliphatic rings. The van der Waals surface area contributed by atoms with Gasteiger partial charge in [0.2, 0.25) is 0 Å². The summed E-state index contributed by atoms with van der Waals surface area (Å²) in [6.45, 7) is 4.67. The van der Waals surface area contributed by atoms with Crippen LogP contribution in [0.1, 0.15) is 24.2 Å². The molecule has 0 bridgehead atoms. The van der Waals surface area contributed by atoms with Crippen molar-refractivity contribution in [1.29, 1.82) is 0 Å². The molecule has 0 aromatic carbocycles. The molecule has 1 aliphatic heterocycles. The number of carbonyl (C=O) groups is 1. The lowest BCUT2D eigenvalue weighted by atomic mass is 10.0. The number of morpholine rings is 1. The lowest BCUT2D eigenvalue weighted by Crippen LogP contribution is -2.55. The average Bonchev–Trinajstić information content (AvgIpc) is 2.44. The number of carbonyl (C=O) groups excluding carboxylic acids is 1. The van der Waals surface area contributed by atoms with Crippen molar-refractivity contribution in [3.63, 3.8) is 0 Å². The minimum absolute atomic E-state index is 0.0581. The molecule has 2 heterocycles. The lowest BCUT2D eigenvalue weighted by Gasteiger charge is -2.42. The number of rotatable bonds is 3. The lowest BCUT2D eigenvalue weighted by molar-refractivity contribution is -0.139. The van der Waals surface area contributed by atoms with E-state index in [1.807, 2.05) is 20.1 Å². The van der Waals surface area contributed by atoms with E-state index in [1.165, 1.54) is 11.8 Å². The van der Waals surface area contributed by atoms with E-state index in [0.29, 0.717) is 18.7 Å². The zero-order valence-corrected chi connectivity index (χ0v) is 12.8. The minimum Gasteiger partial charge on any atom is -0.394 e. The number of amides is 1. The SMILES string of the molecule is CSc1ncccc1C(=O)N1CC(CO)OC(C)(C)C1. The van der Waals surface area contributed by atoms with Crippen molar-refractivity contribution in [1.82, 2.24) is 9.88 Å². The van der Waals surface area contributed by atoms with Gasteiger partial charge in [-0.1, -0.05) is 0 Å². The van der Waals surface area contributed by atoms with Crippen molar-refractivity contribution in [2.45, 2.75) is 30.6 Å². The van der Waals surface area contributed by atoms with Crippen LogP contribution in [0.2, 0.25) is 0 Å². The van der Waals surface area contributed by atoms with Gasteiger partial charge >= 0.3 is 0 Å². The molecule has 0 spiro atoms. The van der Waals surface area contributed by atoms with Crippen LogP contribution in [0.25, 0.3) is 0 Å². The van der Waals surface area contributed by atoms with Crippen molar-refractivity contribution in [2.24, 2.45) is 0 Å². The molecular formula is C14H20N2O3S. The van der Waals surface area contributed by atoms with Crippen LogP contribution in [0.4, 0.5) is 0 Å². The highest BCUT2D eigenvalue weighted by atomic mass is 32.2. The maximum absolute atomic E-state index is 12.7. The Balaban J connectivity index is 2.23. The van der Waals surface area contributed by atoms with Crippen molar-refractivity contribution in [2.75, 3.05) is 26.0 Å². The quantitative estimate of drug-likeness (QED) is 0.855. The number of nitrogens with zero attached hydrogens (tertiary/aromatic N) is 2. The van der Waals surface area contributed by atoms with Gasteiger partial charge in [-0.3, -0.25) is 4.79 Å². The maximum Gasteiger partial charge on any atom is 0.256 e. The third-order valence-corrected chi connectivity index (χ3v) is 3.88. The number of hydrogen-bond donors (Lipinski definition) is 1. The summed E-state index contributed by atoms with van der Waals surface area (Å²) >= 11 is 1.45. The first-order valence-electron chi connectivity index (χ1n) is 6.54. The van der Waals surface area contributed by atoms with Gasteiger partial charge in [-0.05, 0) is 32.2 Å². The molecule has 1 N–H and O–H groups in total. The summed E-state index contributed by atoms with van der Waals surface area (Å²) in [6.07, 6.45) is 3.25. The molecule has 6 heteroatoms. The van der Waals surface area contributed by atoms with E-state index in [-0.39, 0.29) is 18.6 Å². The number of aliphatic hydroxyl groups excluding tert-OH is 1. The molecule has 1 unspecified atom stereocenters. The molecule has 2 rings (SSSR count). The smallest absolute Gasteiger partial charge is 0.256 e. The Morgan fingerprint density at radius 1 is 1.65 bits per heavy atom. The molecule has 1 saturated heterocycles. The highest BCUT2D eigenvalue weighted by Crippen LogP contribution is 2.25. The number of thioether (sulfide) groups is 1. The van der Waals surface area contributed by atoms with Crippen LogP contribution in [0.3, 0.4) is 0 Å². The molecule has 1 amide bonds. The van der Waals surface area contributed by atoms with E-state index >= 15 is 0 Å². The Hall–Kier alpha value is -1.11. The second kappa shape index (κ2) is 6.11. The van der Waals surface area contributed by atoms with Crippen LogP contribution in [-0.2, 0) is 4.74 Å². The molecule has 1 atom stereocenters. The van der Waals surface area contributed by atoms with E-state index in [9.17, 15) is 9.90 Å². The van der Waals surface area contributed by atoms with Gasteiger partial charge in [0.1, 0.15) is 5.03 Å². The minimum atomic E-state index is -0.455. The topological polar surface area (TPSA) is 62.7 Å². The van der Waals surface area contributed by atoms with E-state index in [4.69, 9.17) is 4.74 Å². The van der Waals surface area contributed by atoms with Gasteiger partial charge in [-0.25, -0.2) is 4.98 Å². The van der Waals surface area contributed by atoms with Crippen LogP contribution in [0.15, 0.2) is 23.4 Å². The number of ether oxygens (including phenoxy) is 1. The summed E-state index contributed by atoms with van der Waals surface area (Å²) in [5.74, 6) is -0.0581. The highest BCUT2D eigenvalue weighted by molar-refractivity contribution is 7.98. The van der Waals surface area contributed by atoms with E-state index < -0.39 is 5.60 Å². The van der Waals surface area contributed by atoms with E-state index in [1.54, 1.807) is 23.2 Å². The van der Waals surface area contributed by atoms with Gasteiger partial charge in [0.05, 0.1) is 23.9 Å². The van der Waals surface area contributed by atoms with Gasteiger partial charge in [-0.2, -0.15) is 0 Å². The standard InChI is InChI=1S/C14H20N2O3S/c1-14(2)9-16(7-10(8-17)19-14)13(18)11-5-4-6-15-12(11)20-3/h4-6,10,17H,7-9H2,1-3H3. The zero-order valence-electron chi connectivity index (χ0n) is 12.0. The van der Waals surface area contributed by atoms with Crippen LogP contribution >= 0.6 is 11.8 Å². The number of hydrogen-bond acceptors (Lipinski definition) is 5. The number of pyridine rings is 1. The highest BCUT2D eigenvalue weighted by Gasteiger charge is 2.36. The summed E-state index contributed by atoms with van der Waals surface area (Å²) in [5, 5.41) is 10.0. The normalized spacial score (nSPS) is 21.8. The van der Waals surface area contributed by atoms with Crippen LogP contribution in [0.5, 0.6) is 0 Å². The van der Waals surface area contributed by atoms with Crippen LogP contribution in [0, 0.1) is 0 Å². The Labute approximate surface area is 123 Å². The summed E-state index contributed by atoms with van der Waals surface area (Å²) < 4.78 is 5.73. The fourth-order valence-corrected chi connectivity index (χ4v) is 2.97. The molecular weight excluding hydrogens is 276 g/mol. The first-order valence-corrected chi connectivity index (χ1v) is 7.76. The van der Waals surface area contributed by atoms with Crippen molar-refractivity contribution >= 4 is 17.7 Å². The van der Waals surface area contributed by atoms with Crippen molar-refractivity contribution < 1.29 is 14.6 Å². The summed E-state index contributed by atoms with van der Waals surface area (Å²) in [4.78, 5) is 18.6. The molecule has 1 aromatic rings.